The summed E-state index contributed by atoms with van der Waals surface area (Å²) in [6.45, 7) is 2.39. The average molecular weight is 311 g/mol. The second-order valence-corrected chi connectivity index (χ2v) is 4.77. The van der Waals surface area contributed by atoms with Crippen LogP contribution in [0.5, 0.6) is 0 Å². The van der Waals surface area contributed by atoms with Gasteiger partial charge in [0.15, 0.2) is 0 Å². The van der Waals surface area contributed by atoms with Gasteiger partial charge in [-0.3, -0.25) is 10.1 Å². The fourth-order valence-electron chi connectivity index (χ4n) is 1.63. The van der Waals surface area contributed by atoms with E-state index in [4.69, 9.17) is 5.73 Å². The molecule has 1 heterocycles. The fourth-order valence-corrected chi connectivity index (χ4v) is 1.88. The number of halogens is 1. The maximum atomic E-state index is 10.7. The molecule has 0 aliphatic carbocycles. The number of anilines is 1. The molecule has 0 radical (unpaired) electrons. The first-order valence-electron chi connectivity index (χ1n) is 5.19. The van der Waals surface area contributed by atoms with Gasteiger partial charge in [0.1, 0.15) is 6.20 Å². The summed E-state index contributed by atoms with van der Waals surface area (Å²) in [4.78, 5) is 10.1. The molecule has 0 atom stereocenters. The predicted octanol–water partition coefficient (Wildman–Crippen LogP) is 2.49. The van der Waals surface area contributed by atoms with Crippen LogP contribution in [0.15, 0.2) is 28.9 Å². The van der Waals surface area contributed by atoms with E-state index in [0.29, 0.717) is 6.54 Å². The molecule has 0 aliphatic heterocycles. The maximum Gasteiger partial charge on any atom is 0.330 e. The molecule has 0 bridgehead atoms. The van der Waals surface area contributed by atoms with E-state index in [-0.39, 0.29) is 11.5 Å². The SMILES string of the molecule is Cc1cc(Cn2ncc([N+](=O)[O-])c2N)ccc1Br. The summed E-state index contributed by atoms with van der Waals surface area (Å²) < 4.78 is 2.44. The first-order valence-corrected chi connectivity index (χ1v) is 5.99. The number of aryl methyl sites for hydroxylation is 1. The van der Waals surface area contributed by atoms with E-state index in [2.05, 4.69) is 21.0 Å². The average Bonchev–Trinajstić information content (AvgIpc) is 2.66. The molecule has 2 aromatic rings. The van der Waals surface area contributed by atoms with Crippen molar-refractivity contribution >= 4 is 27.4 Å². The molecule has 0 saturated heterocycles. The summed E-state index contributed by atoms with van der Waals surface area (Å²) in [6.07, 6.45) is 1.17. The third-order valence-corrected chi connectivity index (χ3v) is 3.50. The number of rotatable bonds is 3. The Hall–Kier alpha value is -1.89. The van der Waals surface area contributed by atoms with Crippen LogP contribution in [0.4, 0.5) is 11.5 Å². The Kier molecular flexibility index (Phi) is 3.33. The summed E-state index contributed by atoms with van der Waals surface area (Å²) in [5.41, 5.74) is 7.58. The van der Waals surface area contributed by atoms with Crippen LogP contribution in [0.3, 0.4) is 0 Å². The first kappa shape index (κ1) is 12.6. The van der Waals surface area contributed by atoms with Gasteiger partial charge in [-0.05, 0) is 24.1 Å². The molecule has 2 N–H and O–H groups in total. The first-order chi connectivity index (χ1) is 8.49. The van der Waals surface area contributed by atoms with E-state index in [9.17, 15) is 10.1 Å². The molecule has 7 heteroatoms. The molecule has 0 saturated carbocycles. The Bertz CT molecular complexity index is 609. The van der Waals surface area contributed by atoms with Gasteiger partial charge in [-0.15, -0.1) is 0 Å². The van der Waals surface area contributed by atoms with Gasteiger partial charge < -0.3 is 5.73 Å². The van der Waals surface area contributed by atoms with E-state index in [1.54, 1.807) is 0 Å². The number of nitrogens with zero attached hydrogens (tertiary/aromatic N) is 3. The molecule has 1 aromatic heterocycles. The molecule has 1 aromatic carbocycles. The second kappa shape index (κ2) is 4.77. The predicted molar refractivity (Wildman–Crippen MR) is 71.3 cm³/mol. The Balaban J connectivity index is 2.29. The van der Waals surface area contributed by atoms with Gasteiger partial charge >= 0.3 is 5.69 Å². The molecule has 6 nitrogen and oxygen atoms in total. The zero-order chi connectivity index (χ0) is 13.3. The van der Waals surface area contributed by atoms with Crippen LogP contribution in [-0.2, 0) is 6.54 Å². The Morgan fingerprint density at radius 3 is 2.83 bits per heavy atom. The molecule has 0 aliphatic rings. The molecule has 0 spiro atoms. The van der Waals surface area contributed by atoms with Crippen molar-refractivity contribution in [2.45, 2.75) is 13.5 Å². The topological polar surface area (TPSA) is 87.0 Å². The Morgan fingerprint density at radius 1 is 1.56 bits per heavy atom. The minimum absolute atomic E-state index is 0.0700. The van der Waals surface area contributed by atoms with Crippen molar-refractivity contribution in [3.63, 3.8) is 0 Å². The van der Waals surface area contributed by atoms with E-state index in [1.165, 1.54) is 10.9 Å². The van der Waals surface area contributed by atoms with Crippen LogP contribution in [0.1, 0.15) is 11.1 Å². The molecule has 0 unspecified atom stereocenters. The zero-order valence-electron chi connectivity index (χ0n) is 9.63. The maximum absolute atomic E-state index is 10.7. The van der Waals surface area contributed by atoms with Crippen LogP contribution >= 0.6 is 15.9 Å². The van der Waals surface area contributed by atoms with E-state index in [0.717, 1.165) is 15.6 Å². The minimum atomic E-state index is -0.536. The van der Waals surface area contributed by atoms with Gasteiger partial charge in [0.25, 0.3) is 0 Å². The van der Waals surface area contributed by atoms with Gasteiger partial charge in [-0.2, -0.15) is 5.10 Å². The second-order valence-electron chi connectivity index (χ2n) is 3.91. The van der Waals surface area contributed by atoms with Crippen LogP contribution < -0.4 is 5.73 Å². The number of nitrogens with two attached hydrogens (primary N) is 1. The summed E-state index contributed by atoms with van der Waals surface area (Å²) in [5, 5.41) is 14.6. The van der Waals surface area contributed by atoms with Crippen molar-refractivity contribution in [3.8, 4) is 0 Å². The summed E-state index contributed by atoms with van der Waals surface area (Å²) >= 11 is 3.42. The molecule has 94 valence electrons. The number of hydrogen-bond acceptors (Lipinski definition) is 4. The molecule has 2 rings (SSSR count). The van der Waals surface area contributed by atoms with Gasteiger partial charge in [0, 0.05) is 4.47 Å². The monoisotopic (exact) mass is 310 g/mol. The lowest BCUT2D eigenvalue weighted by Gasteiger charge is -2.06. The number of aromatic nitrogens is 2. The fraction of sp³-hybridized carbons (Fsp3) is 0.182. The quantitative estimate of drug-likeness (QED) is 0.697. The highest BCUT2D eigenvalue weighted by Gasteiger charge is 2.17. The van der Waals surface area contributed by atoms with Crippen LogP contribution in [0, 0.1) is 17.0 Å². The number of nitro groups is 1. The van der Waals surface area contributed by atoms with Crippen molar-refractivity contribution in [3.05, 3.63) is 50.1 Å². The van der Waals surface area contributed by atoms with Crippen molar-refractivity contribution in [1.29, 1.82) is 0 Å². The highest BCUT2D eigenvalue weighted by Crippen LogP contribution is 2.22. The highest BCUT2D eigenvalue weighted by atomic mass is 79.9. The number of benzene rings is 1. The lowest BCUT2D eigenvalue weighted by molar-refractivity contribution is -0.384. The van der Waals surface area contributed by atoms with Gasteiger partial charge in [0.2, 0.25) is 5.82 Å². The molecule has 18 heavy (non-hydrogen) atoms. The van der Waals surface area contributed by atoms with E-state index >= 15 is 0 Å². The summed E-state index contributed by atoms with van der Waals surface area (Å²) in [6, 6.07) is 5.83. The van der Waals surface area contributed by atoms with Crippen LogP contribution in [0.2, 0.25) is 0 Å². The molecule has 0 fully saturated rings. The number of nitrogen functional groups attached to an aromatic ring is 1. The lowest BCUT2D eigenvalue weighted by atomic mass is 10.1. The van der Waals surface area contributed by atoms with Gasteiger partial charge in [0.05, 0.1) is 11.5 Å². The zero-order valence-corrected chi connectivity index (χ0v) is 11.2. The van der Waals surface area contributed by atoms with E-state index in [1.807, 2.05) is 25.1 Å². The van der Waals surface area contributed by atoms with Crippen LogP contribution in [0.25, 0.3) is 0 Å². The van der Waals surface area contributed by atoms with Gasteiger partial charge in [-0.25, -0.2) is 4.68 Å². The third kappa shape index (κ3) is 2.35. The van der Waals surface area contributed by atoms with Crippen molar-refractivity contribution in [2.75, 3.05) is 5.73 Å². The van der Waals surface area contributed by atoms with Crippen molar-refractivity contribution in [2.24, 2.45) is 0 Å². The highest BCUT2D eigenvalue weighted by molar-refractivity contribution is 9.10. The number of hydrogen-bond donors (Lipinski definition) is 1. The largest absolute Gasteiger partial charge is 0.378 e. The Labute approximate surface area is 112 Å². The van der Waals surface area contributed by atoms with Crippen molar-refractivity contribution < 1.29 is 4.92 Å². The van der Waals surface area contributed by atoms with Crippen molar-refractivity contribution in [1.82, 2.24) is 9.78 Å². The summed E-state index contributed by atoms with van der Waals surface area (Å²) in [7, 11) is 0. The standard InChI is InChI=1S/C11H11BrN4O2/c1-7-4-8(2-3-9(7)12)6-15-11(13)10(5-14-15)16(17)18/h2-5H,6,13H2,1H3. The molecule has 0 amide bonds. The molecular formula is C11H11BrN4O2. The normalized spacial score (nSPS) is 10.6. The lowest BCUT2D eigenvalue weighted by Crippen LogP contribution is -2.06. The van der Waals surface area contributed by atoms with Gasteiger partial charge in [-0.1, -0.05) is 28.1 Å². The van der Waals surface area contributed by atoms with E-state index < -0.39 is 4.92 Å². The van der Waals surface area contributed by atoms with Crippen LogP contribution in [-0.4, -0.2) is 14.7 Å². The minimum Gasteiger partial charge on any atom is -0.378 e. The molecular weight excluding hydrogens is 300 g/mol. The Morgan fingerprint density at radius 2 is 2.28 bits per heavy atom. The smallest absolute Gasteiger partial charge is 0.330 e. The third-order valence-electron chi connectivity index (χ3n) is 2.61. The summed E-state index contributed by atoms with van der Waals surface area (Å²) in [5.74, 6) is 0.0700.